The fourth-order valence-corrected chi connectivity index (χ4v) is 2.38. The van der Waals surface area contributed by atoms with E-state index in [0.717, 1.165) is 30.8 Å². The molecule has 3 heteroatoms. The molecule has 1 unspecified atom stereocenters. The Morgan fingerprint density at radius 1 is 1.37 bits per heavy atom. The Kier molecular flexibility index (Phi) is 3.95. The van der Waals surface area contributed by atoms with Crippen molar-refractivity contribution >= 4 is 11.6 Å². The normalized spacial score (nSPS) is 19.5. The molecule has 1 heterocycles. The van der Waals surface area contributed by atoms with Crippen LogP contribution in [0.15, 0.2) is 18.2 Å². The lowest BCUT2D eigenvalue weighted by molar-refractivity contribution is -0.119. The smallest absolute Gasteiger partial charge is 0.228 e. The maximum absolute atomic E-state index is 12.1. The quantitative estimate of drug-likeness (QED) is 0.858. The van der Waals surface area contributed by atoms with E-state index in [4.69, 9.17) is 0 Å². The molecule has 0 aromatic heterocycles. The number of nitrogens with one attached hydrogen (secondary N) is 2. The van der Waals surface area contributed by atoms with Crippen molar-refractivity contribution in [3.63, 3.8) is 0 Å². The van der Waals surface area contributed by atoms with Crippen LogP contribution in [-0.2, 0) is 10.2 Å². The van der Waals surface area contributed by atoms with Gasteiger partial charge < -0.3 is 10.6 Å². The largest absolute Gasteiger partial charge is 0.326 e. The third-order valence-corrected chi connectivity index (χ3v) is 3.78. The summed E-state index contributed by atoms with van der Waals surface area (Å²) in [4.78, 5) is 12.1. The van der Waals surface area contributed by atoms with Crippen molar-refractivity contribution in [3.05, 3.63) is 29.3 Å². The maximum Gasteiger partial charge on any atom is 0.228 e. The molecule has 104 valence electrons. The molecule has 0 spiro atoms. The van der Waals surface area contributed by atoms with Gasteiger partial charge in [-0.3, -0.25) is 4.79 Å². The number of anilines is 1. The average Bonchev–Trinajstić information content (AvgIpc) is 2.84. The molecule has 1 aliphatic heterocycles. The number of rotatable bonds is 2. The molecular formula is C16H24N2O. The molecule has 2 rings (SSSR count). The van der Waals surface area contributed by atoms with Gasteiger partial charge in [0, 0.05) is 12.2 Å². The number of hydrogen-bond donors (Lipinski definition) is 2. The van der Waals surface area contributed by atoms with Crippen LogP contribution in [0.4, 0.5) is 5.69 Å². The third kappa shape index (κ3) is 3.35. The zero-order valence-corrected chi connectivity index (χ0v) is 12.3. The van der Waals surface area contributed by atoms with Crippen LogP contribution < -0.4 is 10.6 Å². The van der Waals surface area contributed by atoms with Crippen LogP contribution in [0.5, 0.6) is 0 Å². The maximum atomic E-state index is 12.1. The van der Waals surface area contributed by atoms with Crippen molar-refractivity contribution in [2.75, 3.05) is 18.4 Å². The molecule has 1 aromatic rings. The zero-order valence-electron chi connectivity index (χ0n) is 12.3. The first kappa shape index (κ1) is 14.1. The number of amides is 1. The molecule has 0 radical (unpaired) electrons. The van der Waals surface area contributed by atoms with Gasteiger partial charge in [-0.1, -0.05) is 32.9 Å². The van der Waals surface area contributed by atoms with Gasteiger partial charge in [-0.2, -0.15) is 0 Å². The first-order valence-corrected chi connectivity index (χ1v) is 7.00. The van der Waals surface area contributed by atoms with E-state index >= 15 is 0 Å². The molecule has 1 fully saturated rings. The Morgan fingerprint density at radius 2 is 2.11 bits per heavy atom. The first-order valence-electron chi connectivity index (χ1n) is 7.00. The highest BCUT2D eigenvalue weighted by Crippen LogP contribution is 2.26. The topological polar surface area (TPSA) is 41.1 Å². The van der Waals surface area contributed by atoms with Crippen LogP contribution in [0.25, 0.3) is 0 Å². The zero-order chi connectivity index (χ0) is 14.0. The molecule has 0 bridgehead atoms. The van der Waals surface area contributed by atoms with Crippen molar-refractivity contribution < 1.29 is 4.79 Å². The summed E-state index contributed by atoms with van der Waals surface area (Å²) in [5.74, 6) is 0.248. The molecule has 1 atom stereocenters. The van der Waals surface area contributed by atoms with Gasteiger partial charge in [0.15, 0.2) is 0 Å². The Labute approximate surface area is 115 Å². The van der Waals surface area contributed by atoms with Crippen molar-refractivity contribution in [2.45, 2.75) is 39.5 Å². The summed E-state index contributed by atoms with van der Waals surface area (Å²) in [6.07, 6.45) is 0.935. The lowest BCUT2D eigenvalue weighted by Gasteiger charge is -2.21. The molecule has 19 heavy (non-hydrogen) atoms. The minimum Gasteiger partial charge on any atom is -0.326 e. The lowest BCUT2D eigenvalue weighted by atomic mass is 9.86. The number of carbonyl (C=O) groups excluding carboxylic acids is 1. The first-order chi connectivity index (χ1) is 8.88. The summed E-state index contributed by atoms with van der Waals surface area (Å²) in [6, 6.07) is 6.30. The Morgan fingerprint density at radius 3 is 2.63 bits per heavy atom. The number of benzene rings is 1. The van der Waals surface area contributed by atoms with Gasteiger partial charge in [-0.25, -0.2) is 0 Å². The van der Waals surface area contributed by atoms with E-state index in [-0.39, 0.29) is 17.2 Å². The Bertz CT molecular complexity index is 468. The van der Waals surface area contributed by atoms with Gasteiger partial charge in [0.2, 0.25) is 5.91 Å². The van der Waals surface area contributed by atoms with Gasteiger partial charge in [-0.15, -0.1) is 0 Å². The van der Waals surface area contributed by atoms with Gasteiger partial charge >= 0.3 is 0 Å². The summed E-state index contributed by atoms with van der Waals surface area (Å²) < 4.78 is 0. The predicted molar refractivity (Wildman–Crippen MR) is 79.5 cm³/mol. The van der Waals surface area contributed by atoms with E-state index in [0.29, 0.717) is 0 Å². The standard InChI is InChI=1S/C16H24N2O/c1-11-9-13(16(2,3)4)5-6-14(11)18-15(19)12-7-8-17-10-12/h5-6,9,12,17H,7-8,10H2,1-4H3,(H,18,19). The van der Waals surface area contributed by atoms with Gasteiger partial charge in [0.1, 0.15) is 0 Å². The summed E-state index contributed by atoms with van der Waals surface area (Å²) in [7, 11) is 0. The highest BCUT2D eigenvalue weighted by atomic mass is 16.1. The van der Waals surface area contributed by atoms with Crippen molar-refractivity contribution in [2.24, 2.45) is 5.92 Å². The second-order valence-electron chi connectivity index (χ2n) is 6.46. The molecule has 0 saturated carbocycles. The Hall–Kier alpha value is -1.35. The van der Waals surface area contributed by atoms with Crippen LogP contribution in [-0.4, -0.2) is 19.0 Å². The van der Waals surface area contributed by atoms with Crippen molar-refractivity contribution in [1.29, 1.82) is 0 Å². The summed E-state index contributed by atoms with van der Waals surface area (Å²) in [6.45, 7) is 10.4. The predicted octanol–water partition coefficient (Wildman–Crippen LogP) is 2.84. The minimum atomic E-state index is 0.113. The summed E-state index contributed by atoms with van der Waals surface area (Å²) in [5, 5.41) is 6.27. The number of hydrogen-bond acceptors (Lipinski definition) is 2. The minimum absolute atomic E-state index is 0.113. The second kappa shape index (κ2) is 5.33. The lowest BCUT2D eigenvalue weighted by Crippen LogP contribution is -2.25. The van der Waals surface area contributed by atoms with Crippen LogP contribution in [0, 0.1) is 12.8 Å². The number of carbonyl (C=O) groups is 1. The molecule has 0 aliphatic carbocycles. The molecule has 1 saturated heterocycles. The molecule has 3 nitrogen and oxygen atoms in total. The number of aryl methyl sites for hydroxylation is 1. The highest BCUT2D eigenvalue weighted by molar-refractivity contribution is 5.93. The fourth-order valence-electron chi connectivity index (χ4n) is 2.38. The van der Waals surface area contributed by atoms with Crippen LogP contribution in [0.2, 0.25) is 0 Å². The van der Waals surface area contributed by atoms with E-state index in [1.807, 2.05) is 6.07 Å². The van der Waals surface area contributed by atoms with Crippen molar-refractivity contribution in [3.8, 4) is 0 Å². The van der Waals surface area contributed by atoms with Crippen LogP contribution in [0.1, 0.15) is 38.3 Å². The van der Waals surface area contributed by atoms with E-state index in [1.54, 1.807) is 0 Å². The van der Waals surface area contributed by atoms with E-state index < -0.39 is 0 Å². The second-order valence-corrected chi connectivity index (χ2v) is 6.46. The highest BCUT2D eigenvalue weighted by Gasteiger charge is 2.23. The summed E-state index contributed by atoms with van der Waals surface area (Å²) in [5.41, 5.74) is 3.50. The SMILES string of the molecule is Cc1cc(C(C)(C)C)ccc1NC(=O)C1CCNC1. The van der Waals surface area contributed by atoms with Crippen LogP contribution >= 0.6 is 0 Å². The van der Waals surface area contributed by atoms with Gasteiger partial charge in [0.25, 0.3) is 0 Å². The third-order valence-electron chi connectivity index (χ3n) is 3.78. The summed E-state index contributed by atoms with van der Waals surface area (Å²) >= 11 is 0. The van der Waals surface area contributed by atoms with Gasteiger partial charge in [0.05, 0.1) is 5.92 Å². The molecule has 1 aromatic carbocycles. The van der Waals surface area contributed by atoms with E-state index in [9.17, 15) is 4.79 Å². The molecular weight excluding hydrogens is 236 g/mol. The Balaban J connectivity index is 2.11. The van der Waals surface area contributed by atoms with E-state index in [2.05, 4.69) is 50.5 Å². The van der Waals surface area contributed by atoms with E-state index in [1.165, 1.54) is 5.56 Å². The molecule has 2 N–H and O–H groups in total. The molecule has 1 amide bonds. The van der Waals surface area contributed by atoms with Crippen LogP contribution in [0.3, 0.4) is 0 Å². The fraction of sp³-hybridized carbons (Fsp3) is 0.562. The average molecular weight is 260 g/mol. The molecule has 1 aliphatic rings. The van der Waals surface area contributed by atoms with Gasteiger partial charge in [-0.05, 0) is 42.5 Å². The van der Waals surface area contributed by atoms with Crippen molar-refractivity contribution in [1.82, 2.24) is 5.32 Å². The monoisotopic (exact) mass is 260 g/mol.